The summed E-state index contributed by atoms with van der Waals surface area (Å²) in [5.74, 6) is -1.92. The van der Waals surface area contributed by atoms with Crippen LogP contribution in [0.3, 0.4) is 0 Å². The molecule has 0 saturated carbocycles. The van der Waals surface area contributed by atoms with Gasteiger partial charge in [0.2, 0.25) is 0 Å². The number of rotatable bonds is 6. The van der Waals surface area contributed by atoms with Crippen molar-refractivity contribution in [2.24, 2.45) is 0 Å². The van der Waals surface area contributed by atoms with Crippen LogP contribution in [0.4, 0.5) is 11.4 Å². The molecule has 4 rings (SSSR count). The van der Waals surface area contributed by atoms with Gasteiger partial charge in [-0.3, -0.25) is 9.59 Å². The van der Waals surface area contributed by atoms with Crippen LogP contribution >= 0.6 is 0 Å². The molecule has 0 heterocycles. The molecular weight excluding hydrogens is 440 g/mol. The molecule has 6 heteroatoms. The standard InChI is InChI=1S/C29H24N2O4/c1-19-11-3-4-12-20(19)21-13-5-6-14-22(21)27(32)30-25-17-9-7-15-23(25)28(33)31(2)26-18-10-8-16-24(26)29(34)35/h3-18H,1-2H3,(H,30,32)(H,34,35). The highest BCUT2D eigenvalue weighted by Crippen LogP contribution is 2.29. The molecule has 2 N–H and O–H groups in total. The van der Waals surface area contributed by atoms with Crippen molar-refractivity contribution in [1.82, 2.24) is 0 Å². The van der Waals surface area contributed by atoms with Crippen molar-refractivity contribution in [2.75, 3.05) is 17.3 Å². The van der Waals surface area contributed by atoms with Crippen molar-refractivity contribution in [3.8, 4) is 11.1 Å². The third kappa shape index (κ3) is 4.82. The van der Waals surface area contributed by atoms with E-state index in [1.807, 2.05) is 43.3 Å². The van der Waals surface area contributed by atoms with E-state index in [-0.39, 0.29) is 22.7 Å². The number of nitrogens with one attached hydrogen (secondary N) is 1. The van der Waals surface area contributed by atoms with E-state index in [2.05, 4.69) is 5.32 Å². The molecular formula is C29H24N2O4. The normalized spacial score (nSPS) is 10.5. The predicted molar refractivity (Wildman–Crippen MR) is 137 cm³/mol. The van der Waals surface area contributed by atoms with Crippen LogP contribution in [0.15, 0.2) is 97.1 Å². The fourth-order valence-corrected chi connectivity index (χ4v) is 4.00. The van der Waals surface area contributed by atoms with Crippen molar-refractivity contribution in [1.29, 1.82) is 0 Å². The number of amides is 2. The van der Waals surface area contributed by atoms with E-state index in [1.165, 1.54) is 18.0 Å². The molecule has 2 amide bonds. The Labute approximate surface area is 203 Å². The van der Waals surface area contributed by atoms with Gasteiger partial charge in [-0.1, -0.05) is 66.7 Å². The molecule has 0 unspecified atom stereocenters. The summed E-state index contributed by atoms with van der Waals surface area (Å²) in [6, 6.07) is 28.1. The van der Waals surface area contributed by atoms with Gasteiger partial charge in [0.1, 0.15) is 0 Å². The molecule has 0 fully saturated rings. The maximum Gasteiger partial charge on any atom is 0.337 e. The summed E-state index contributed by atoms with van der Waals surface area (Å²) >= 11 is 0. The summed E-state index contributed by atoms with van der Waals surface area (Å²) in [6.07, 6.45) is 0. The van der Waals surface area contributed by atoms with Gasteiger partial charge in [-0.25, -0.2) is 4.79 Å². The first-order chi connectivity index (χ1) is 16.9. The van der Waals surface area contributed by atoms with Crippen LogP contribution in [0.25, 0.3) is 11.1 Å². The minimum absolute atomic E-state index is 0.0111. The first kappa shape index (κ1) is 23.4. The SMILES string of the molecule is Cc1ccccc1-c1ccccc1C(=O)Nc1ccccc1C(=O)N(C)c1ccccc1C(=O)O. The average Bonchev–Trinajstić information content (AvgIpc) is 2.88. The van der Waals surface area contributed by atoms with E-state index < -0.39 is 11.9 Å². The summed E-state index contributed by atoms with van der Waals surface area (Å²) in [6.45, 7) is 1.99. The third-order valence-corrected chi connectivity index (χ3v) is 5.81. The Hall–Kier alpha value is -4.71. The van der Waals surface area contributed by atoms with E-state index in [4.69, 9.17) is 0 Å². The van der Waals surface area contributed by atoms with Crippen LogP contribution in [0.5, 0.6) is 0 Å². The second kappa shape index (κ2) is 10.1. The highest BCUT2D eigenvalue weighted by Gasteiger charge is 2.22. The molecule has 0 atom stereocenters. The third-order valence-electron chi connectivity index (χ3n) is 5.81. The number of hydrogen-bond acceptors (Lipinski definition) is 3. The van der Waals surface area contributed by atoms with Gasteiger partial charge in [0.05, 0.1) is 22.5 Å². The molecule has 35 heavy (non-hydrogen) atoms. The monoisotopic (exact) mass is 464 g/mol. The summed E-state index contributed by atoms with van der Waals surface area (Å²) < 4.78 is 0. The summed E-state index contributed by atoms with van der Waals surface area (Å²) in [5, 5.41) is 12.4. The number of nitrogens with zero attached hydrogens (tertiary/aromatic N) is 1. The zero-order valence-electron chi connectivity index (χ0n) is 19.4. The number of anilines is 2. The molecule has 0 aliphatic heterocycles. The summed E-state index contributed by atoms with van der Waals surface area (Å²) in [7, 11) is 1.51. The lowest BCUT2D eigenvalue weighted by Gasteiger charge is -2.21. The van der Waals surface area contributed by atoms with Crippen LogP contribution in [0, 0.1) is 6.92 Å². The first-order valence-corrected chi connectivity index (χ1v) is 11.0. The minimum Gasteiger partial charge on any atom is -0.478 e. The van der Waals surface area contributed by atoms with E-state index in [1.54, 1.807) is 54.6 Å². The Bertz CT molecular complexity index is 1430. The molecule has 0 aromatic heterocycles. The van der Waals surface area contributed by atoms with Crippen molar-refractivity contribution in [2.45, 2.75) is 6.92 Å². The number of para-hydroxylation sites is 2. The van der Waals surface area contributed by atoms with Gasteiger partial charge in [0, 0.05) is 12.6 Å². The average molecular weight is 465 g/mol. The predicted octanol–water partition coefficient (Wildman–Crippen LogP) is 5.89. The van der Waals surface area contributed by atoms with Crippen LogP contribution < -0.4 is 10.2 Å². The fourth-order valence-electron chi connectivity index (χ4n) is 4.00. The van der Waals surface area contributed by atoms with E-state index in [0.29, 0.717) is 11.3 Å². The quantitative estimate of drug-likeness (QED) is 0.373. The van der Waals surface area contributed by atoms with Crippen molar-refractivity contribution >= 4 is 29.2 Å². The van der Waals surface area contributed by atoms with Gasteiger partial charge in [-0.15, -0.1) is 0 Å². The van der Waals surface area contributed by atoms with Crippen molar-refractivity contribution in [3.05, 3.63) is 119 Å². The lowest BCUT2D eigenvalue weighted by molar-refractivity contribution is 0.0697. The second-order valence-corrected chi connectivity index (χ2v) is 8.05. The number of aromatic carboxylic acids is 1. The Balaban J connectivity index is 1.67. The second-order valence-electron chi connectivity index (χ2n) is 8.05. The minimum atomic E-state index is -1.13. The van der Waals surface area contributed by atoms with Gasteiger partial charge >= 0.3 is 5.97 Å². The number of carboxylic acid groups (broad SMARTS) is 1. The van der Waals surface area contributed by atoms with E-state index in [0.717, 1.165) is 16.7 Å². The molecule has 0 aliphatic rings. The topological polar surface area (TPSA) is 86.7 Å². The molecule has 0 spiro atoms. The Morgan fingerprint density at radius 1 is 0.686 bits per heavy atom. The van der Waals surface area contributed by atoms with Crippen LogP contribution in [0.1, 0.15) is 36.6 Å². The van der Waals surface area contributed by atoms with Gasteiger partial charge in [-0.05, 0) is 53.9 Å². The zero-order valence-corrected chi connectivity index (χ0v) is 19.4. The highest BCUT2D eigenvalue weighted by molar-refractivity contribution is 6.15. The molecule has 0 radical (unpaired) electrons. The number of carbonyl (C=O) groups excluding carboxylic acids is 2. The van der Waals surface area contributed by atoms with Crippen LogP contribution in [-0.4, -0.2) is 29.9 Å². The molecule has 4 aromatic carbocycles. The van der Waals surface area contributed by atoms with Crippen molar-refractivity contribution in [3.63, 3.8) is 0 Å². The summed E-state index contributed by atoms with van der Waals surface area (Å²) in [5.41, 5.74) is 4.12. The van der Waals surface area contributed by atoms with E-state index in [9.17, 15) is 19.5 Å². The number of hydrogen-bond donors (Lipinski definition) is 2. The molecule has 174 valence electrons. The van der Waals surface area contributed by atoms with Gasteiger partial charge < -0.3 is 15.3 Å². The first-order valence-electron chi connectivity index (χ1n) is 11.0. The largest absolute Gasteiger partial charge is 0.478 e. The van der Waals surface area contributed by atoms with Gasteiger partial charge in [-0.2, -0.15) is 0 Å². The lowest BCUT2D eigenvalue weighted by Crippen LogP contribution is -2.29. The summed E-state index contributed by atoms with van der Waals surface area (Å²) in [4.78, 5) is 39.6. The highest BCUT2D eigenvalue weighted by atomic mass is 16.4. The number of carboxylic acids is 1. The maximum atomic E-state index is 13.4. The smallest absolute Gasteiger partial charge is 0.337 e. The number of carbonyl (C=O) groups is 3. The number of benzene rings is 4. The molecule has 0 aliphatic carbocycles. The van der Waals surface area contributed by atoms with Crippen LogP contribution in [-0.2, 0) is 0 Å². The molecule has 0 bridgehead atoms. The van der Waals surface area contributed by atoms with Gasteiger partial charge in [0.15, 0.2) is 0 Å². The maximum absolute atomic E-state index is 13.4. The number of aryl methyl sites for hydroxylation is 1. The van der Waals surface area contributed by atoms with Gasteiger partial charge in [0.25, 0.3) is 11.8 Å². The Morgan fingerprint density at radius 3 is 1.91 bits per heavy atom. The molecule has 0 saturated heterocycles. The van der Waals surface area contributed by atoms with E-state index >= 15 is 0 Å². The van der Waals surface area contributed by atoms with Crippen LogP contribution in [0.2, 0.25) is 0 Å². The Kier molecular flexibility index (Phi) is 6.73. The molecule has 4 aromatic rings. The fraction of sp³-hybridized carbons (Fsp3) is 0.0690. The lowest BCUT2D eigenvalue weighted by atomic mass is 9.95. The molecule has 6 nitrogen and oxygen atoms in total. The van der Waals surface area contributed by atoms with Crippen molar-refractivity contribution < 1.29 is 19.5 Å². The zero-order chi connectivity index (χ0) is 24.9. The Morgan fingerprint density at radius 2 is 1.23 bits per heavy atom.